The summed E-state index contributed by atoms with van der Waals surface area (Å²) in [4.78, 5) is 39.0. The number of imide groups is 1. The third kappa shape index (κ3) is 4.32. The van der Waals surface area contributed by atoms with Gasteiger partial charge in [0.2, 0.25) is 5.91 Å². The van der Waals surface area contributed by atoms with Crippen LogP contribution < -0.4 is 10.6 Å². The maximum atomic E-state index is 13.7. The molecule has 1 atom stereocenters. The van der Waals surface area contributed by atoms with E-state index in [0.29, 0.717) is 19.8 Å². The summed E-state index contributed by atoms with van der Waals surface area (Å²) >= 11 is 0. The number of halogens is 2. The number of rotatable bonds is 6. The van der Waals surface area contributed by atoms with Crippen molar-refractivity contribution in [2.45, 2.75) is 30.7 Å². The molecule has 174 valence electrons. The fraction of sp³-hybridized carbons (Fsp3) is 0.375. The number of amides is 4. The van der Waals surface area contributed by atoms with Crippen molar-refractivity contribution in [2.75, 3.05) is 26.3 Å². The topological polar surface area (TPSA) is 87.7 Å². The number of nitrogens with one attached hydrogen (secondary N) is 2. The molecule has 0 spiro atoms. The van der Waals surface area contributed by atoms with Gasteiger partial charge >= 0.3 is 6.03 Å². The maximum Gasteiger partial charge on any atom is 0.325 e. The van der Waals surface area contributed by atoms with Gasteiger partial charge in [-0.1, -0.05) is 36.4 Å². The van der Waals surface area contributed by atoms with Crippen LogP contribution in [0.2, 0.25) is 0 Å². The second-order valence-electron chi connectivity index (χ2n) is 8.61. The van der Waals surface area contributed by atoms with Crippen molar-refractivity contribution in [3.05, 3.63) is 71.3 Å². The van der Waals surface area contributed by atoms with E-state index in [1.54, 1.807) is 0 Å². The highest BCUT2D eigenvalue weighted by molar-refractivity contribution is 6.09. The first-order chi connectivity index (χ1) is 15.7. The molecule has 2 aromatic rings. The van der Waals surface area contributed by atoms with Crippen LogP contribution in [0, 0.1) is 11.6 Å². The van der Waals surface area contributed by atoms with E-state index in [2.05, 4.69) is 10.6 Å². The summed E-state index contributed by atoms with van der Waals surface area (Å²) in [6, 6.07) is 12.1. The molecule has 9 heteroatoms. The van der Waals surface area contributed by atoms with Crippen LogP contribution in [-0.2, 0) is 25.3 Å². The lowest BCUT2D eigenvalue weighted by Gasteiger charge is -2.38. The van der Waals surface area contributed by atoms with E-state index < -0.39 is 41.6 Å². The Hall–Kier alpha value is -3.33. The van der Waals surface area contributed by atoms with Crippen molar-refractivity contribution in [2.24, 2.45) is 0 Å². The molecule has 2 saturated heterocycles. The Morgan fingerprint density at radius 1 is 1.06 bits per heavy atom. The Kier molecular flexibility index (Phi) is 6.16. The highest BCUT2D eigenvalue weighted by atomic mass is 19.2. The van der Waals surface area contributed by atoms with Gasteiger partial charge in [0, 0.05) is 25.2 Å². The first-order valence-electron chi connectivity index (χ1n) is 10.7. The molecule has 2 fully saturated rings. The SMILES string of the molecule is CC1(c2ccc(F)c(F)c2)NC(=O)N(CC(=O)NCC2(c3ccccc3)CCOCC2)C1=O. The van der Waals surface area contributed by atoms with E-state index in [1.807, 2.05) is 30.3 Å². The van der Waals surface area contributed by atoms with Crippen LogP contribution >= 0.6 is 0 Å². The number of hydrogen-bond acceptors (Lipinski definition) is 4. The highest BCUT2D eigenvalue weighted by Crippen LogP contribution is 2.34. The summed E-state index contributed by atoms with van der Waals surface area (Å²) in [6.07, 6.45) is 1.46. The molecule has 1 unspecified atom stereocenters. The van der Waals surface area contributed by atoms with Crippen LogP contribution in [-0.4, -0.2) is 49.0 Å². The second-order valence-corrected chi connectivity index (χ2v) is 8.61. The van der Waals surface area contributed by atoms with E-state index in [-0.39, 0.29) is 11.0 Å². The van der Waals surface area contributed by atoms with Crippen molar-refractivity contribution in [1.29, 1.82) is 0 Å². The quantitative estimate of drug-likeness (QED) is 0.653. The standard InChI is InChI=1S/C24H25F2N3O4/c1-23(17-7-8-18(25)19(26)13-17)21(31)29(22(32)28-23)14-20(30)27-15-24(9-11-33-12-10-24)16-5-3-2-4-6-16/h2-8,13H,9-12,14-15H2,1H3,(H,27,30)(H,28,32). The fourth-order valence-corrected chi connectivity index (χ4v) is 4.43. The first-order valence-corrected chi connectivity index (χ1v) is 10.7. The molecular formula is C24H25F2N3O4. The Labute approximate surface area is 190 Å². The van der Waals surface area contributed by atoms with E-state index in [4.69, 9.17) is 4.74 Å². The molecule has 7 nitrogen and oxygen atoms in total. The highest BCUT2D eigenvalue weighted by Gasteiger charge is 2.49. The lowest BCUT2D eigenvalue weighted by atomic mass is 9.74. The maximum absolute atomic E-state index is 13.7. The zero-order valence-corrected chi connectivity index (χ0v) is 18.2. The summed E-state index contributed by atoms with van der Waals surface area (Å²) < 4.78 is 32.5. The number of carbonyl (C=O) groups is 3. The van der Waals surface area contributed by atoms with Crippen LogP contribution in [0.1, 0.15) is 30.9 Å². The summed E-state index contributed by atoms with van der Waals surface area (Å²) in [7, 11) is 0. The summed E-state index contributed by atoms with van der Waals surface area (Å²) in [5.41, 5.74) is -0.716. The van der Waals surface area contributed by atoms with Gasteiger partial charge in [-0.25, -0.2) is 13.6 Å². The van der Waals surface area contributed by atoms with Gasteiger partial charge in [0.25, 0.3) is 5.91 Å². The van der Waals surface area contributed by atoms with Gasteiger partial charge in [-0.2, -0.15) is 0 Å². The smallest absolute Gasteiger partial charge is 0.325 e. The largest absolute Gasteiger partial charge is 0.381 e. The summed E-state index contributed by atoms with van der Waals surface area (Å²) in [5.74, 6) is -3.39. The van der Waals surface area contributed by atoms with Crippen LogP contribution in [0.15, 0.2) is 48.5 Å². The number of carbonyl (C=O) groups excluding carboxylic acids is 3. The molecule has 2 aromatic carbocycles. The van der Waals surface area contributed by atoms with Crippen molar-refractivity contribution < 1.29 is 27.9 Å². The second kappa shape index (κ2) is 8.90. The zero-order valence-electron chi connectivity index (χ0n) is 18.2. The third-order valence-corrected chi connectivity index (χ3v) is 6.53. The van der Waals surface area contributed by atoms with E-state index in [1.165, 1.54) is 13.0 Å². The fourth-order valence-electron chi connectivity index (χ4n) is 4.43. The van der Waals surface area contributed by atoms with Gasteiger partial charge in [-0.05, 0) is 43.0 Å². The van der Waals surface area contributed by atoms with E-state index >= 15 is 0 Å². The minimum Gasteiger partial charge on any atom is -0.381 e. The molecule has 2 heterocycles. The van der Waals surface area contributed by atoms with E-state index in [9.17, 15) is 23.2 Å². The number of benzene rings is 2. The lowest BCUT2D eigenvalue weighted by molar-refractivity contribution is -0.134. The van der Waals surface area contributed by atoms with Gasteiger partial charge < -0.3 is 15.4 Å². The lowest BCUT2D eigenvalue weighted by Crippen LogP contribution is -2.48. The number of nitrogens with zero attached hydrogens (tertiary/aromatic N) is 1. The molecule has 4 amide bonds. The number of urea groups is 1. The number of ether oxygens (including phenoxy) is 1. The Bertz CT molecular complexity index is 1070. The molecule has 4 rings (SSSR count). The van der Waals surface area contributed by atoms with Crippen LogP contribution in [0.25, 0.3) is 0 Å². The molecule has 2 N–H and O–H groups in total. The minimum absolute atomic E-state index is 0.0906. The van der Waals surface area contributed by atoms with Crippen molar-refractivity contribution >= 4 is 17.8 Å². The predicted molar refractivity (Wildman–Crippen MR) is 115 cm³/mol. The Morgan fingerprint density at radius 3 is 2.42 bits per heavy atom. The van der Waals surface area contributed by atoms with Crippen molar-refractivity contribution in [1.82, 2.24) is 15.5 Å². The molecule has 0 radical (unpaired) electrons. The van der Waals surface area contributed by atoms with Crippen molar-refractivity contribution in [3.63, 3.8) is 0 Å². The molecule has 0 bridgehead atoms. The molecule has 2 aliphatic heterocycles. The minimum atomic E-state index is -1.60. The number of hydrogen-bond donors (Lipinski definition) is 2. The molecule has 0 aliphatic carbocycles. The Morgan fingerprint density at radius 2 is 1.76 bits per heavy atom. The normalized spacial score (nSPS) is 22.2. The zero-order chi connectivity index (χ0) is 23.6. The molecule has 0 saturated carbocycles. The van der Waals surface area contributed by atoms with Gasteiger partial charge in [-0.3, -0.25) is 14.5 Å². The van der Waals surface area contributed by atoms with Gasteiger partial charge in [0.1, 0.15) is 12.1 Å². The predicted octanol–water partition coefficient (Wildman–Crippen LogP) is 2.60. The Balaban J connectivity index is 1.45. The molecular weight excluding hydrogens is 432 g/mol. The molecule has 2 aliphatic rings. The van der Waals surface area contributed by atoms with Gasteiger partial charge in [-0.15, -0.1) is 0 Å². The van der Waals surface area contributed by atoms with Gasteiger partial charge in [0.15, 0.2) is 11.6 Å². The van der Waals surface area contributed by atoms with Crippen LogP contribution in [0.4, 0.5) is 13.6 Å². The average molecular weight is 457 g/mol. The third-order valence-electron chi connectivity index (χ3n) is 6.53. The summed E-state index contributed by atoms with van der Waals surface area (Å²) in [5, 5.41) is 5.35. The average Bonchev–Trinajstić information content (AvgIpc) is 3.04. The summed E-state index contributed by atoms with van der Waals surface area (Å²) in [6.45, 7) is 2.40. The van der Waals surface area contributed by atoms with Crippen LogP contribution in [0.5, 0.6) is 0 Å². The van der Waals surface area contributed by atoms with Gasteiger partial charge in [0.05, 0.1) is 0 Å². The monoisotopic (exact) mass is 457 g/mol. The van der Waals surface area contributed by atoms with Crippen LogP contribution in [0.3, 0.4) is 0 Å². The molecule has 33 heavy (non-hydrogen) atoms. The molecule has 0 aromatic heterocycles. The van der Waals surface area contributed by atoms with Crippen molar-refractivity contribution in [3.8, 4) is 0 Å². The first kappa shape index (κ1) is 22.8. The van der Waals surface area contributed by atoms with E-state index in [0.717, 1.165) is 35.4 Å².